The minimum Gasteiger partial charge on any atom is -0.473 e. The number of likely N-dealkylation sites (N-methyl/N-ethyl adjacent to an activating group) is 1. The first-order valence-corrected chi connectivity index (χ1v) is 11.5. The van der Waals surface area contributed by atoms with Crippen molar-refractivity contribution in [2.24, 2.45) is 5.92 Å². The lowest BCUT2D eigenvalue weighted by atomic mass is 9.98. The van der Waals surface area contributed by atoms with Crippen LogP contribution in [0.15, 0.2) is 29.2 Å². The molecule has 0 radical (unpaired) electrons. The molecule has 1 atom stereocenters. The molecule has 0 aliphatic carbocycles. The lowest BCUT2D eigenvalue weighted by molar-refractivity contribution is -0.159. The molecule has 0 bridgehead atoms. The molecule has 1 unspecified atom stereocenters. The predicted molar refractivity (Wildman–Crippen MR) is 112 cm³/mol. The first kappa shape index (κ1) is 25.1. The highest BCUT2D eigenvalue weighted by molar-refractivity contribution is 7.89. The van der Waals surface area contributed by atoms with Gasteiger partial charge in [0.05, 0.1) is 10.8 Å². The Morgan fingerprint density at radius 2 is 1.52 bits per heavy atom. The van der Waals surface area contributed by atoms with Crippen molar-refractivity contribution in [3.05, 3.63) is 29.3 Å². The van der Waals surface area contributed by atoms with Gasteiger partial charge in [0.2, 0.25) is 15.9 Å². The van der Waals surface area contributed by atoms with E-state index in [1.165, 1.54) is 16.4 Å². The molecule has 31 heavy (non-hydrogen) atoms. The molecule has 0 saturated carbocycles. The van der Waals surface area contributed by atoms with Crippen LogP contribution in [0.3, 0.4) is 0 Å². The van der Waals surface area contributed by atoms with E-state index in [-0.39, 0.29) is 23.3 Å². The van der Waals surface area contributed by atoms with Crippen molar-refractivity contribution in [3.63, 3.8) is 0 Å². The first-order chi connectivity index (χ1) is 14.5. The number of carbonyl (C=O) groups excluding carboxylic acids is 1. The molecule has 1 amide bonds. The van der Waals surface area contributed by atoms with E-state index in [4.69, 9.17) is 31.4 Å². The van der Waals surface area contributed by atoms with Crippen molar-refractivity contribution in [3.8, 4) is 0 Å². The largest absolute Gasteiger partial charge is 0.473 e. The molecule has 2 aliphatic heterocycles. The van der Waals surface area contributed by atoms with Crippen LogP contribution in [-0.2, 0) is 24.4 Å². The highest BCUT2D eigenvalue weighted by Crippen LogP contribution is 2.26. The van der Waals surface area contributed by atoms with Crippen LogP contribution in [0.2, 0.25) is 5.02 Å². The van der Waals surface area contributed by atoms with E-state index in [9.17, 15) is 13.2 Å². The van der Waals surface area contributed by atoms with Crippen molar-refractivity contribution in [1.29, 1.82) is 0 Å². The maximum atomic E-state index is 12.8. The number of rotatable bonds is 3. The van der Waals surface area contributed by atoms with Gasteiger partial charge in [0.25, 0.3) is 0 Å². The van der Waals surface area contributed by atoms with Crippen LogP contribution in [0.1, 0.15) is 12.8 Å². The Morgan fingerprint density at radius 1 is 0.968 bits per heavy atom. The molecule has 12 heteroatoms. The third kappa shape index (κ3) is 6.89. The van der Waals surface area contributed by atoms with Gasteiger partial charge in [0.15, 0.2) is 0 Å². The van der Waals surface area contributed by atoms with Crippen molar-refractivity contribution >= 4 is 39.5 Å². The predicted octanol–water partition coefficient (Wildman–Crippen LogP) is 0.670. The summed E-state index contributed by atoms with van der Waals surface area (Å²) in [6.07, 6.45) is 1.45. The average Bonchev–Trinajstić information content (AvgIpc) is 2.74. The Balaban J connectivity index is 0.000000501. The summed E-state index contributed by atoms with van der Waals surface area (Å²) in [6.45, 7) is 3.88. The summed E-state index contributed by atoms with van der Waals surface area (Å²) in [7, 11) is -1.54. The lowest BCUT2D eigenvalue weighted by Gasteiger charge is -2.37. The van der Waals surface area contributed by atoms with E-state index in [0.717, 1.165) is 32.6 Å². The first-order valence-electron chi connectivity index (χ1n) is 9.71. The normalized spacial score (nSPS) is 20.5. The smallest absolute Gasteiger partial charge is 0.414 e. The quantitative estimate of drug-likeness (QED) is 0.609. The number of carbonyl (C=O) groups is 3. The number of amides is 1. The van der Waals surface area contributed by atoms with Crippen molar-refractivity contribution in [2.75, 3.05) is 46.3 Å². The summed E-state index contributed by atoms with van der Waals surface area (Å²) in [5.41, 5.74) is 0. The van der Waals surface area contributed by atoms with Crippen LogP contribution in [0.4, 0.5) is 0 Å². The standard InChI is InChI=1S/C17H24ClN3O3S.C2H2O4/c1-19-9-11-20(12-10-19)17(22)14-3-2-8-21(13-14)25(23,24)16-6-4-15(18)5-7-16;3-1(4)2(5)6/h4-7,14H,2-3,8-13H2,1H3;(H,3,4)(H,5,6). The number of piperidine rings is 1. The Morgan fingerprint density at radius 3 is 2.03 bits per heavy atom. The number of nitrogens with zero attached hydrogens (tertiary/aromatic N) is 3. The number of aliphatic carboxylic acids is 2. The summed E-state index contributed by atoms with van der Waals surface area (Å²) in [6, 6.07) is 6.18. The van der Waals surface area contributed by atoms with E-state index in [2.05, 4.69) is 4.90 Å². The zero-order valence-electron chi connectivity index (χ0n) is 17.1. The molecular weight excluding hydrogens is 450 g/mol. The molecule has 10 nitrogen and oxygen atoms in total. The molecule has 2 saturated heterocycles. The molecule has 1 aromatic rings. The van der Waals surface area contributed by atoms with Gasteiger partial charge in [-0.2, -0.15) is 4.31 Å². The molecule has 0 aromatic heterocycles. The second kappa shape index (κ2) is 10.9. The zero-order chi connectivity index (χ0) is 23.2. The topological polar surface area (TPSA) is 136 Å². The number of benzene rings is 1. The van der Waals surface area contributed by atoms with Crippen LogP contribution in [0.25, 0.3) is 0 Å². The lowest BCUT2D eigenvalue weighted by Crippen LogP contribution is -2.52. The SMILES string of the molecule is CN1CCN(C(=O)C2CCCN(S(=O)(=O)c3ccc(Cl)cc3)C2)CC1.O=C(O)C(=O)O. The minimum atomic E-state index is -3.59. The minimum absolute atomic E-state index is 0.0871. The Labute approximate surface area is 186 Å². The molecule has 3 rings (SSSR count). The van der Waals surface area contributed by atoms with E-state index in [1.54, 1.807) is 12.1 Å². The summed E-state index contributed by atoms with van der Waals surface area (Å²) < 4.78 is 27.1. The van der Waals surface area contributed by atoms with Crippen LogP contribution < -0.4 is 0 Å². The monoisotopic (exact) mass is 475 g/mol. The molecule has 1 aromatic carbocycles. The van der Waals surface area contributed by atoms with Gasteiger partial charge in [0.1, 0.15) is 0 Å². The maximum Gasteiger partial charge on any atom is 0.414 e. The number of piperazine rings is 1. The summed E-state index contributed by atoms with van der Waals surface area (Å²) in [5.74, 6) is -3.81. The second-order valence-electron chi connectivity index (χ2n) is 7.39. The fourth-order valence-corrected chi connectivity index (χ4v) is 5.05. The van der Waals surface area contributed by atoms with Crippen molar-refractivity contribution in [2.45, 2.75) is 17.7 Å². The summed E-state index contributed by atoms with van der Waals surface area (Å²) in [4.78, 5) is 35.3. The van der Waals surface area contributed by atoms with Gasteiger partial charge in [0, 0.05) is 44.3 Å². The third-order valence-electron chi connectivity index (χ3n) is 5.18. The van der Waals surface area contributed by atoms with Crippen LogP contribution >= 0.6 is 11.6 Å². The van der Waals surface area contributed by atoms with Gasteiger partial charge in [-0.3, -0.25) is 4.79 Å². The molecule has 2 N–H and O–H groups in total. The van der Waals surface area contributed by atoms with Gasteiger partial charge >= 0.3 is 11.9 Å². The molecule has 172 valence electrons. The second-order valence-corrected chi connectivity index (χ2v) is 9.77. The number of carboxylic acid groups (broad SMARTS) is 2. The van der Waals surface area contributed by atoms with E-state index in [1.807, 2.05) is 11.9 Å². The number of carboxylic acids is 2. The highest BCUT2D eigenvalue weighted by Gasteiger charge is 2.35. The van der Waals surface area contributed by atoms with Crippen LogP contribution in [0, 0.1) is 5.92 Å². The van der Waals surface area contributed by atoms with Gasteiger partial charge in [-0.1, -0.05) is 11.6 Å². The fourth-order valence-electron chi connectivity index (χ4n) is 3.40. The van der Waals surface area contributed by atoms with Gasteiger partial charge in [-0.25, -0.2) is 18.0 Å². The number of hydrogen-bond acceptors (Lipinski definition) is 6. The molecule has 0 spiro atoms. The highest BCUT2D eigenvalue weighted by atomic mass is 35.5. The Kier molecular flexibility index (Phi) is 8.80. The number of sulfonamides is 1. The molecule has 2 fully saturated rings. The Hall–Kier alpha value is -2.21. The van der Waals surface area contributed by atoms with Gasteiger partial charge in [-0.05, 0) is 44.2 Å². The fraction of sp³-hybridized carbons (Fsp3) is 0.526. The van der Waals surface area contributed by atoms with Crippen molar-refractivity contribution in [1.82, 2.24) is 14.1 Å². The van der Waals surface area contributed by atoms with E-state index < -0.39 is 22.0 Å². The number of hydrogen-bond donors (Lipinski definition) is 2. The maximum absolute atomic E-state index is 12.8. The van der Waals surface area contributed by atoms with Crippen LogP contribution in [-0.4, -0.2) is 96.9 Å². The number of halogens is 1. The molecular formula is C19H26ClN3O7S. The van der Waals surface area contributed by atoms with E-state index >= 15 is 0 Å². The van der Waals surface area contributed by atoms with Gasteiger partial charge in [-0.15, -0.1) is 0 Å². The molecule has 2 heterocycles. The van der Waals surface area contributed by atoms with Crippen LogP contribution in [0.5, 0.6) is 0 Å². The van der Waals surface area contributed by atoms with Crippen molar-refractivity contribution < 1.29 is 33.0 Å². The molecule has 2 aliphatic rings. The Bertz CT molecular complexity index is 888. The van der Waals surface area contributed by atoms with Gasteiger partial charge < -0.3 is 20.0 Å². The summed E-state index contributed by atoms with van der Waals surface area (Å²) >= 11 is 5.85. The zero-order valence-corrected chi connectivity index (χ0v) is 18.7. The third-order valence-corrected chi connectivity index (χ3v) is 7.31. The summed E-state index contributed by atoms with van der Waals surface area (Å²) in [5, 5.41) is 15.3. The van der Waals surface area contributed by atoms with E-state index in [0.29, 0.717) is 18.0 Å². The average molecular weight is 476 g/mol.